The van der Waals surface area contributed by atoms with Crippen molar-refractivity contribution in [3.8, 4) is 0 Å². The molecule has 1 aliphatic heterocycles. The normalized spacial score (nSPS) is 15.0. The second-order valence-corrected chi connectivity index (χ2v) is 6.29. The zero-order chi connectivity index (χ0) is 19.6. The van der Waals surface area contributed by atoms with Crippen molar-refractivity contribution in [1.29, 1.82) is 0 Å². The summed E-state index contributed by atoms with van der Waals surface area (Å²) in [6.45, 7) is 1.08. The molecule has 0 spiro atoms. The van der Waals surface area contributed by atoms with Gasteiger partial charge in [-0.2, -0.15) is 13.2 Å². The van der Waals surface area contributed by atoms with Gasteiger partial charge in [-0.1, -0.05) is 11.6 Å². The fraction of sp³-hybridized carbons (Fsp3) is 0.294. The monoisotopic (exact) mass is 401 g/mol. The maximum atomic E-state index is 12.9. The van der Waals surface area contributed by atoms with Crippen molar-refractivity contribution in [3.05, 3.63) is 52.9 Å². The molecule has 3 amide bonds. The molecule has 6 nitrogen and oxygen atoms in total. The number of anilines is 1. The van der Waals surface area contributed by atoms with Crippen molar-refractivity contribution in [2.75, 3.05) is 31.5 Å². The van der Waals surface area contributed by atoms with Crippen LogP contribution in [0.1, 0.15) is 16.1 Å². The molecule has 0 saturated carbocycles. The van der Waals surface area contributed by atoms with Crippen LogP contribution < -0.4 is 5.32 Å². The first-order valence-electron chi connectivity index (χ1n) is 8.01. The number of urea groups is 1. The van der Waals surface area contributed by atoms with Crippen LogP contribution >= 0.6 is 11.6 Å². The molecule has 144 valence electrons. The van der Waals surface area contributed by atoms with E-state index in [1.165, 1.54) is 17.2 Å². The lowest BCUT2D eigenvalue weighted by molar-refractivity contribution is -0.137. The van der Waals surface area contributed by atoms with Gasteiger partial charge in [-0.3, -0.25) is 4.79 Å². The smallest absolute Gasteiger partial charge is 0.417 e. The minimum Gasteiger partial charge on any atom is -0.459 e. The molecule has 1 fully saturated rings. The van der Waals surface area contributed by atoms with Gasteiger partial charge >= 0.3 is 12.2 Å². The number of halogens is 4. The number of furan rings is 1. The Bertz CT molecular complexity index is 832. The van der Waals surface area contributed by atoms with Gasteiger partial charge in [0.15, 0.2) is 5.76 Å². The average Bonchev–Trinajstić information content (AvgIpc) is 3.16. The molecule has 0 unspecified atom stereocenters. The minimum absolute atomic E-state index is 0.00850. The number of carbonyl (C=O) groups excluding carboxylic acids is 2. The van der Waals surface area contributed by atoms with E-state index in [4.69, 9.17) is 16.0 Å². The Hall–Kier alpha value is -2.68. The fourth-order valence-corrected chi connectivity index (χ4v) is 2.92. The molecule has 1 aromatic heterocycles. The van der Waals surface area contributed by atoms with Gasteiger partial charge in [0.25, 0.3) is 5.91 Å². The number of piperazine rings is 1. The van der Waals surface area contributed by atoms with E-state index < -0.39 is 22.8 Å². The highest BCUT2D eigenvalue weighted by Crippen LogP contribution is 2.36. The third-order valence-corrected chi connectivity index (χ3v) is 4.44. The standard InChI is InChI=1S/C17H15ClF3N3O3/c18-13-4-3-11(10-12(13)17(19,20)21)22-16(26)24-7-5-23(6-8-24)15(25)14-2-1-9-27-14/h1-4,9-10H,5-8H2,(H,22,26). The van der Waals surface area contributed by atoms with Gasteiger partial charge < -0.3 is 19.5 Å². The van der Waals surface area contributed by atoms with Crippen LogP contribution in [0.3, 0.4) is 0 Å². The van der Waals surface area contributed by atoms with Crippen LogP contribution in [-0.2, 0) is 6.18 Å². The minimum atomic E-state index is -4.62. The molecule has 2 aromatic rings. The number of carbonyl (C=O) groups is 2. The topological polar surface area (TPSA) is 65.8 Å². The van der Waals surface area contributed by atoms with Gasteiger partial charge in [0.2, 0.25) is 0 Å². The molecule has 0 radical (unpaired) electrons. The Morgan fingerprint density at radius 3 is 2.33 bits per heavy atom. The molecule has 2 heterocycles. The van der Waals surface area contributed by atoms with Gasteiger partial charge in [-0.15, -0.1) is 0 Å². The predicted molar refractivity (Wildman–Crippen MR) is 91.7 cm³/mol. The van der Waals surface area contributed by atoms with E-state index in [0.717, 1.165) is 12.1 Å². The van der Waals surface area contributed by atoms with Crippen molar-refractivity contribution in [1.82, 2.24) is 9.80 Å². The SMILES string of the molecule is O=C(Nc1ccc(Cl)c(C(F)(F)F)c1)N1CCN(C(=O)c2ccco2)CC1. The van der Waals surface area contributed by atoms with Crippen molar-refractivity contribution < 1.29 is 27.2 Å². The molecular formula is C17H15ClF3N3O3. The number of amides is 3. The van der Waals surface area contributed by atoms with E-state index in [0.29, 0.717) is 13.1 Å². The highest BCUT2D eigenvalue weighted by molar-refractivity contribution is 6.31. The Labute approximate surface area is 157 Å². The highest BCUT2D eigenvalue weighted by Gasteiger charge is 2.33. The number of benzene rings is 1. The van der Waals surface area contributed by atoms with E-state index in [-0.39, 0.29) is 30.4 Å². The van der Waals surface area contributed by atoms with Gasteiger partial charge in [0.1, 0.15) is 0 Å². The maximum Gasteiger partial charge on any atom is 0.417 e. The lowest BCUT2D eigenvalue weighted by Crippen LogP contribution is -2.51. The van der Waals surface area contributed by atoms with E-state index in [1.807, 2.05) is 0 Å². The van der Waals surface area contributed by atoms with E-state index >= 15 is 0 Å². The summed E-state index contributed by atoms with van der Waals surface area (Å²) >= 11 is 5.57. The largest absolute Gasteiger partial charge is 0.459 e. The molecule has 10 heteroatoms. The lowest BCUT2D eigenvalue weighted by atomic mass is 10.2. The first kappa shape index (κ1) is 19.1. The van der Waals surface area contributed by atoms with Gasteiger partial charge in [0.05, 0.1) is 16.8 Å². The molecule has 1 saturated heterocycles. The average molecular weight is 402 g/mol. The number of hydrogen-bond donors (Lipinski definition) is 1. The van der Waals surface area contributed by atoms with Crippen LogP contribution in [0.15, 0.2) is 41.0 Å². The second kappa shape index (κ2) is 7.51. The van der Waals surface area contributed by atoms with E-state index in [2.05, 4.69) is 5.32 Å². The summed E-state index contributed by atoms with van der Waals surface area (Å²) in [4.78, 5) is 27.5. The molecular weight excluding hydrogens is 387 g/mol. The van der Waals surface area contributed by atoms with Crippen molar-refractivity contribution in [3.63, 3.8) is 0 Å². The molecule has 0 atom stereocenters. The van der Waals surface area contributed by atoms with Crippen molar-refractivity contribution in [2.24, 2.45) is 0 Å². The Morgan fingerprint density at radius 2 is 1.74 bits per heavy atom. The Kier molecular flexibility index (Phi) is 5.31. The summed E-state index contributed by atoms with van der Waals surface area (Å²) < 4.78 is 43.8. The summed E-state index contributed by atoms with van der Waals surface area (Å²) in [6.07, 6.45) is -3.21. The number of nitrogens with zero attached hydrogens (tertiary/aromatic N) is 2. The summed E-state index contributed by atoms with van der Waals surface area (Å²) in [5.41, 5.74) is -1.03. The molecule has 0 aliphatic carbocycles. The number of rotatable bonds is 2. The first-order valence-corrected chi connectivity index (χ1v) is 8.39. The van der Waals surface area contributed by atoms with E-state index in [1.54, 1.807) is 17.0 Å². The quantitative estimate of drug-likeness (QED) is 0.828. The molecule has 0 bridgehead atoms. The predicted octanol–water partition coefficient (Wildman–Crippen LogP) is 3.94. The number of nitrogens with one attached hydrogen (secondary N) is 1. The summed E-state index contributed by atoms with van der Waals surface area (Å²) in [7, 11) is 0. The Balaban J connectivity index is 1.59. The molecule has 1 N–H and O–H groups in total. The van der Waals surface area contributed by atoms with Crippen molar-refractivity contribution >= 4 is 29.2 Å². The second-order valence-electron chi connectivity index (χ2n) is 5.88. The van der Waals surface area contributed by atoms with Crippen LogP contribution in [0.4, 0.5) is 23.7 Å². The van der Waals surface area contributed by atoms with Crippen LogP contribution in [-0.4, -0.2) is 47.9 Å². The van der Waals surface area contributed by atoms with Gasteiger partial charge in [-0.05, 0) is 30.3 Å². The first-order chi connectivity index (χ1) is 12.8. The fourth-order valence-electron chi connectivity index (χ4n) is 2.69. The zero-order valence-electron chi connectivity index (χ0n) is 13.9. The zero-order valence-corrected chi connectivity index (χ0v) is 14.7. The van der Waals surface area contributed by atoms with Gasteiger partial charge in [-0.25, -0.2) is 4.79 Å². The highest BCUT2D eigenvalue weighted by atomic mass is 35.5. The maximum absolute atomic E-state index is 12.9. The van der Waals surface area contributed by atoms with Gasteiger partial charge in [0, 0.05) is 31.9 Å². The van der Waals surface area contributed by atoms with Crippen LogP contribution in [0, 0.1) is 0 Å². The van der Waals surface area contributed by atoms with Crippen LogP contribution in [0.5, 0.6) is 0 Å². The number of alkyl halides is 3. The molecule has 1 aliphatic rings. The van der Waals surface area contributed by atoms with Crippen LogP contribution in [0.2, 0.25) is 5.02 Å². The molecule has 1 aromatic carbocycles. The molecule has 3 rings (SSSR count). The number of hydrogen-bond acceptors (Lipinski definition) is 3. The summed E-state index contributed by atoms with van der Waals surface area (Å²) in [6, 6.07) is 5.79. The molecule has 27 heavy (non-hydrogen) atoms. The van der Waals surface area contributed by atoms with Crippen LogP contribution in [0.25, 0.3) is 0 Å². The van der Waals surface area contributed by atoms with E-state index in [9.17, 15) is 22.8 Å². The third kappa shape index (κ3) is 4.36. The summed E-state index contributed by atoms with van der Waals surface area (Å²) in [5.74, 6) is -0.0543. The summed E-state index contributed by atoms with van der Waals surface area (Å²) in [5, 5.41) is 1.99. The van der Waals surface area contributed by atoms with Crippen molar-refractivity contribution in [2.45, 2.75) is 6.18 Å². The Morgan fingerprint density at radius 1 is 1.07 bits per heavy atom. The lowest BCUT2D eigenvalue weighted by Gasteiger charge is -2.34. The third-order valence-electron chi connectivity index (χ3n) is 4.11.